The number of nitrogens with one attached hydrogen (secondary N) is 1. The Morgan fingerprint density at radius 3 is 2.93 bits per heavy atom. The van der Waals surface area contributed by atoms with Crippen molar-refractivity contribution in [2.45, 2.75) is 11.4 Å². The molecule has 0 spiro atoms. The third-order valence-corrected chi connectivity index (χ3v) is 3.52. The summed E-state index contributed by atoms with van der Waals surface area (Å²) in [6.07, 6.45) is 0. The number of hydrogen-bond donors (Lipinski definition) is 3. The Morgan fingerprint density at radius 2 is 2.33 bits per heavy atom. The van der Waals surface area contributed by atoms with Gasteiger partial charge in [0.25, 0.3) is 0 Å². The van der Waals surface area contributed by atoms with E-state index >= 15 is 0 Å². The van der Waals surface area contributed by atoms with Crippen LogP contribution in [0.3, 0.4) is 0 Å². The lowest BCUT2D eigenvalue weighted by atomic mass is 10.2. The molecule has 0 unspecified atom stereocenters. The zero-order chi connectivity index (χ0) is 10.8. The fourth-order valence-electron chi connectivity index (χ4n) is 1.49. The summed E-state index contributed by atoms with van der Waals surface area (Å²) in [5.74, 6) is -0.0748. The number of carboxylic acid groups (broad SMARTS) is 1. The maximum absolute atomic E-state index is 10.7. The van der Waals surface area contributed by atoms with E-state index in [4.69, 9.17) is 5.11 Å². The van der Waals surface area contributed by atoms with Gasteiger partial charge in [-0.1, -0.05) is 12.1 Å². The van der Waals surface area contributed by atoms with E-state index in [0.29, 0.717) is 5.75 Å². The molecular weight excluding hydrogens is 214 g/mol. The third kappa shape index (κ3) is 2.24. The molecule has 1 heterocycles. The first-order valence-electron chi connectivity index (χ1n) is 4.56. The molecule has 80 valence electrons. The molecule has 0 aromatic heterocycles. The predicted octanol–water partition coefficient (Wildman–Crippen LogP) is 1.18. The molecule has 4 nitrogen and oxygen atoms in total. The maximum atomic E-state index is 10.7. The summed E-state index contributed by atoms with van der Waals surface area (Å²) in [5.41, 5.74) is 0.906. The van der Waals surface area contributed by atoms with E-state index in [1.54, 1.807) is 18.2 Å². The molecule has 0 aliphatic carbocycles. The molecule has 2 atom stereocenters. The van der Waals surface area contributed by atoms with Crippen LogP contribution in [0.1, 0.15) is 10.9 Å². The van der Waals surface area contributed by atoms with E-state index in [9.17, 15) is 9.90 Å². The van der Waals surface area contributed by atoms with Gasteiger partial charge in [-0.25, -0.2) is 0 Å². The lowest BCUT2D eigenvalue weighted by Gasteiger charge is -2.11. The standard InChI is InChI=1S/C10H11NO3S/c12-7-3-1-2-6(4-7)9-11-8(5-15-9)10(13)14/h1-4,8-9,11-12H,5H2,(H,13,14)/t8-,9-/m1/s1. The quantitative estimate of drug-likeness (QED) is 0.705. The molecule has 15 heavy (non-hydrogen) atoms. The van der Waals surface area contributed by atoms with Crippen LogP contribution in [0.25, 0.3) is 0 Å². The van der Waals surface area contributed by atoms with E-state index < -0.39 is 12.0 Å². The smallest absolute Gasteiger partial charge is 0.321 e. The number of phenols is 1. The van der Waals surface area contributed by atoms with Gasteiger partial charge in [0, 0.05) is 5.75 Å². The van der Waals surface area contributed by atoms with Gasteiger partial charge in [-0.15, -0.1) is 11.8 Å². The van der Waals surface area contributed by atoms with Crippen molar-refractivity contribution >= 4 is 17.7 Å². The number of rotatable bonds is 2. The molecule has 1 aliphatic rings. The number of carbonyl (C=O) groups is 1. The summed E-state index contributed by atoms with van der Waals surface area (Å²) in [5, 5.41) is 21.0. The number of aliphatic carboxylic acids is 1. The summed E-state index contributed by atoms with van der Waals surface area (Å²) in [7, 11) is 0. The van der Waals surface area contributed by atoms with Gasteiger partial charge < -0.3 is 10.2 Å². The van der Waals surface area contributed by atoms with Gasteiger partial charge in [0.15, 0.2) is 0 Å². The number of carboxylic acids is 1. The minimum absolute atomic E-state index is 0.0433. The van der Waals surface area contributed by atoms with E-state index in [0.717, 1.165) is 5.56 Å². The van der Waals surface area contributed by atoms with E-state index in [1.165, 1.54) is 11.8 Å². The molecule has 5 heteroatoms. The van der Waals surface area contributed by atoms with Crippen LogP contribution in [0.15, 0.2) is 24.3 Å². The van der Waals surface area contributed by atoms with Crippen molar-refractivity contribution in [2.24, 2.45) is 0 Å². The van der Waals surface area contributed by atoms with Crippen LogP contribution in [-0.4, -0.2) is 28.0 Å². The number of aromatic hydroxyl groups is 1. The average molecular weight is 225 g/mol. The van der Waals surface area contributed by atoms with Gasteiger partial charge in [-0.2, -0.15) is 0 Å². The normalized spacial score (nSPS) is 25.3. The minimum Gasteiger partial charge on any atom is -0.508 e. The molecule has 2 rings (SSSR count). The van der Waals surface area contributed by atoms with E-state index in [1.807, 2.05) is 6.07 Å². The first kappa shape index (κ1) is 10.3. The average Bonchev–Trinajstić information content (AvgIpc) is 2.66. The largest absolute Gasteiger partial charge is 0.508 e. The maximum Gasteiger partial charge on any atom is 0.321 e. The number of hydrogen-bond acceptors (Lipinski definition) is 4. The highest BCUT2D eigenvalue weighted by atomic mass is 32.2. The summed E-state index contributed by atoms with van der Waals surface area (Å²) in [4.78, 5) is 10.7. The SMILES string of the molecule is O=C(O)[C@H]1CS[C@H](c2cccc(O)c2)N1. The van der Waals surface area contributed by atoms with Gasteiger partial charge in [0.1, 0.15) is 11.8 Å². The number of benzene rings is 1. The van der Waals surface area contributed by atoms with Crippen LogP contribution in [0.5, 0.6) is 5.75 Å². The summed E-state index contributed by atoms with van der Waals surface area (Å²) in [6.45, 7) is 0. The van der Waals surface area contributed by atoms with Crippen molar-refractivity contribution in [1.82, 2.24) is 5.32 Å². The zero-order valence-electron chi connectivity index (χ0n) is 7.88. The van der Waals surface area contributed by atoms with Crippen LogP contribution in [-0.2, 0) is 4.79 Å². The van der Waals surface area contributed by atoms with Crippen LogP contribution in [0.2, 0.25) is 0 Å². The second kappa shape index (κ2) is 4.12. The highest BCUT2D eigenvalue weighted by molar-refractivity contribution is 7.99. The molecule has 0 amide bonds. The lowest BCUT2D eigenvalue weighted by molar-refractivity contribution is -0.138. The van der Waals surface area contributed by atoms with Crippen LogP contribution in [0, 0.1) is 0 Å². The fourth-order valence-corrected chi connectivity index (χ4v) is 2.72. The number of thioether (sulfide) groups is 1. The minimum atomic E-state index is -0.829. The van der Waals surface area contributed by atoms with Crippen molar-refractivity contribution < 1.29 is 15.0 Å². The summed E-state index contributed by atoms with van der Waals surface area (Å²) >= 11 is 1.54. The second-order valence-corrected chi connectivity index (χ2v) is 4.50. The molecule has 1 aliphatic heterocycles. The molecule has 1 fully saturated rings. The molecule has 3 N–H and O–H groups in total. The van der Waals surface area contributed by atoms with Crippen LogP contribution >= 0.6 is 11.8 Å². The molecular formula is C10H11NO3S. The summed E-state index contributed by atoms with van der Waals surface area (Å²) in [6, 6.07) is 6.37. The second-order valence-electron chi connectivity index (χ2n) is 3.37. The monoisotopic (exact) mass is 225 g/mol. The van der Waals surface area contributed by atoms with Gasteiger partial charge in [0.2, 0.25) is 0 Å². The Balaban J connectivity index is 2.11. The fraction of sp³-hybridized carbons (Fsp3) is 0.300. The highest BCUT2D eigenvalue weighted by Gasteiger charge is 2.30. The van der Waals surface area contributed by atoms with E-state index in [-0.39, 0.29) is 11.1 Å². The topological polar surface area (TPSA) is 69.6 Å². The first-order chi connectivity index (χ1) is 7.16. The third-order valence-electron chi connectivity index (χ3n) is 2.25. The van der Waals surface area contributed by atoms with Gasteiger partial charge in [-0.3, -0.25) is 10.1 Å². The zero-order valence-corrected chi connectivity index (χ0v) is 8.70. The molecule has 0 radical (unpaired) electrons. The Bertz CT molecular complexity index is 383. The molecule has 1 aromatic carbocycles. The van der Waals surface area contributed by atoms with Gasteiger partial charge in [-0.05, 0) is 17.7 Å². The molecule has 0 bridgehead atoms. The van der Waals surface area contributed by atoms with Crippen molar-refractivity contribution in [3.8, 4) is 5.75 Å². The first-order valence-corrected chi connectivity index (χ1v) is 5.61. The molecule has 0 saturated carbocycles. The summed E-state index contributed by atoms with van der Waals surface area (Å²) < 4.78 is 0. The molecule has 1 saturated heterocycles. The van der Waals surface area contributed by atoms with Crippen molar-refractivity contribution in [3.63, 3.8) is 0 Å². The Morgan fingerprint density at radius 1 is 1.53 bits per heavy atom. The molecule has 1 aromatic rings. The Kier molecular flexibility index (Phi) is 2.83. The van der Waals surface area contributed by atoms with Crippen molar-refractivity contribution in [2.75, 3.05) is 5.75 Å². The Hall–Kier alpha value is -1.20. The van der Waals surface area contributed by atoms with Crippen molar-refractivity contribution in [3.05, 3.63) is 29.8 Å². The van der Waals surface area contributed by atoms with Crippen LogP contribution in [0.4, 0.5) is 0 Å². The highest BCUT2D eigenvalue weighted by Crippen LogP contribution is 2.33. The van der Waals surface area contributed by atoms with Gasteiger partial charge in [0.05, 0.1) is 5.37 Å². The lowest BCUT2D eigenvalue weighted by Crippen LogP contribution is -2.33. The van der Waals surface area contributed by atoms with E-state index in [2.05, 4.69) is 5.32 Å². The van der Waals surface area contributed by atoms with Crippen molar-refractivity contribution in [1.29, 1.82) is 0 Å². The van der Waals surface area contributed by atoms with Gasteiger partial charge >= 0.3 is 5.97 Å². The predicted molar refractivity (Wildman–Crippen MR) is 57.9 cm³/mol. The Labute approximate surface area is 91.3 Å². The van der Waals surface area contributed by atoms with Crippen LogP contribution < -0.4 is 5.32 Å². The number of phenolic OH excluding ortho intramolecular Hbond substituents is 1.